The Morgan fingerprint density at radius 1 is 0.905 bits per heavy atom. The summed E-state index contributed by atoms with van der Waals surface area (Å²) >= 11 is 0. The van der Waals surface area contributed by atoms with Crippen LogP contribution in [0.3, 0.4) is 0 Å². The third-order valence-electron chi connectivity index (χ3n) is 4.51. The summed E-state index contributed by atoms with van der Waals surface area (Å²) in [6, 6.07) is 12.8. The van der Waals surface area contributed by atoms with Crippen molar-refractivity contribution in [2.45, 2.75) is 38.9 Å². The highest BCUT2D eigenvalue weighted by molar-refractivity contribution is 6.74. The number of benzene rings is 2. The highest BCUT2D eigenvalue weighted by Gasteiger charge is 2.39. The fourth-order valence-corrected chi connectivity index (χ4v) is 3.20. The van der Waals surface area contributed by atoms with Crippen LogP contribution in [0.2, 0.25) is 18.1 Å². The Morgan fingerprint density at radius 2 is 1.48 bits per heavy atom. The molecule has 0 bridgehead atoms. The van der Waals surface area contributed by atoms with Gasteiger partial charge in [0.15, 0.2) is 0 Å². The fourth-order valence-electron chi connectivity index (χ4n) is 2.16. The van der Waals surface area contributed by atoms with Gasteiger partial charge in [0.25, 0.3) is 8.32 Å². The molecular weight excluding hydrogens is 274 g/mol. The Balaban J connectivity index is 2.55. The summed E-state index contributed by atoms with van der Waals surface area (Å²) in [4.78, 5) is 2.15. The Bertz CT molecular complexity index is 641. The maximum absolute atomic E-state index is 6.53. The van der Waals surface area contributed by atoms with E-state index in [1.807, 2.05) is 0 Å². The first kappa shape index (κ1) is 15.9. The van der Waals surface area contributed by atoms with Crippen molar-refractivity contribution in [3.8, 4) is 5.75 Å². The van der Waals surface area contributed by atoms with E-state index in [-0.39, 0.29) is 5.04 Å². The largest absolute Gasteiger partial charge is 0.543 e. The molecule has 0 amide bonds. The topological polar surface area (TPSA) is 12.5 Å². The number of rotatable bonds is 3. The van der Waals surface area contributed by atoms with E-state index in [1.165, 1.54) is 16.5 Å². The molecule has 2 nitrogen and oxygen atoms in total. The van der Waals surface area contributed by atoms with E-state index < -0.39 is 8.32 Å². The van der Waals surface area contributed by atoms with Gasteiger partial charge in [-0.1, -0.05) is 45.0 Å². The zero-order chi connectivity index (χ0) is 15.8. The van der Waals surface area contributed by atoms with Crippen LogP contribution in [0.5, 0.6) is 5.75 Å². The van der Waals surface area contributed by atoms with Gasteiger partial charge in [-0.3, -0.25) is 0 Å². The maximum Gasteiger partial charge on any atom is 0.250 e. The monoisotopic (exact) mass is 301 g/mol. The van der Waals surface area contributed by atoms with Crippen LogP contribution in [-0.4, -0.2) is 22.4 Å². The number of nitrogens with zero attached hydrogens (tertiary/aromatic N) is 1. The molecule has 0 unspecified atom stereocenters. The molecule has 0 spiro atoms. The molecular formula is C18H27NOSi. The number of hydrogen-bond donors (Lipinski definition) is 0. The molecule has 0 N–H and O–H groups in total. The average molecular weight is 302 g/mol. The molecule has 2 rings (SSSR count). The summed E-state index contributed by atoms with van der Waals surface area (Å²) in [5.41, 5.74) is 1.23. The third kappa shape index (κ3) is 3.08. The van der Waals surface area contributed by atoms with Gasteiger partial charge in [-0.2, -0.15) is 0 Å². The SMILES string of the molecule is CN(C)c1ccc(O[Si](C)(C)C(C)(C)C)c2ccccc12. The smallest absolute Gasteiger partial charge is 0.250 e. The van der Waals surface area contributed by atoms with E-state index in [0.717, 1.165) is 5.75 Å². The van der Waals surface area contributed by atoms with Gasteiger partial charge in [-0.15, -0.1) is 0 Å². The average Bonchev–Trinajstić information content (AvgIpc) is 2.37. The molecule has 0 aliphatic rings. The Labute approximate surface area is 129 Å². The van der Waals surface area contributed by atoms with E-state index in [1.54, 1.807) is 0 Å². The normalized spacial score (nSPS) is 12.5. The number of anilines is 1. The zero-order valence-corrected chi connectivity index (χ0v) is 15.3. The van der Waals surface area contributed by atoms with Crippen molar-refractivity contribution >= 4 is 24.8 Å². The molecule has 0 radical (unpaired) electrons. The van der Waals surface area contributed by atoms with Crippen LogP contribution in [0.4, 0.5) is 5.69 Å². The van der Waals surface area contributed by atoms with Crippen molar-refractivity contribution in [1.82, 2.24) is 0 Å². The minimum atomic E-state index is -1.82. The first-order valence-electron chi connectivity index (χ1n) is 7.51. The highest BCUT2D eigenvalue weighted by Crippen LogP contribution is 2.40. The van der Waals surface area contributed by atoms with Gasteiger partial charge in [-0.05, 0) is 30.3 Å². The summed E-state index contributed by atoms with van der Waals surface area (Å²) in [7, 11) is 2.34. The molecule has 2 aromatic rings. The fraction of sp³-hybridized carbons (Fsp3) is 0.444. The van der Waals surface area contributed by atoms with E-state index in [4.69, 9.17) is 4.43 Å². The van der Waals surface area contributed by atoms with Crippen LogP contribution >= 0.6 is 0 Å². The molecule has 114 valence electrons. The second-order valence-corrected chi connectivity index (χ2v) is 12.1. The van der Waals surface area contributed by atoms with Crippen LogP contribution in [0.25, 0.3) is 10.8 Å². The molecule has 2 aromatic carbocycles. The van der Waals surface area contributed by atoms with E-state index in [2.05, 4.69) is 89.3 Å². The van der Waals surface area contributed by atoms with E-state index >= 15 is 0 Å². The Hall–Kier alpha value is -1.48. The van der Waals surface area contributed by atoms with Gasteiger partial charge in [0.2, 0.25) is 0 Å². The summed E-state index contributed by atoms with van der Waals surface area (Å²) in [6.07, 6.45) is 0. The van der Waals surface area contributed by atoms with Crippen molar-refractivity contribution in [1.29, 1.82) is 0 Å². The first-order valence-corrected chi connectivity index (χ1v) is 10.4. The Kier molecular flexibility index (Phi) is 4.07. The minimum absolute atomic E-state index is 0.203. The lowest BCUT2D eigenvalue weighted by Crippen LogP contribution is -2.43. The molecule has 0 atom stereocenters. The summed E-state index contributed by atoms with van der Waals surface area (Å²) < 4.78 is 6.53. The van der Waals surface area contributed by atoms with Crippen molar-refractivity contribution < 1.29 is 4.43 Å². The number of hydrogen-bond acceptors (Lipinski definition) is 2. The highest BCUT2D eigenvalue weighted by atomic mass is 28.4. The van der Waals surface area contributed by atoms with Gasteiger partial charge >= 0.3 is 0 Å². The molecule has 0 saturated carbocycles. The lowest BCUT2D eigenvalue weighted by Gasteiger charge is -2.37. The second-order valence-electron chi connectivity index (χ2n) is 7.39. The molecule has 0 aliphatic carbocycles. The van der Waals surface area contributed by atoms with E-state index in [9.17, 15) is 0 Å². The van der Waals surface area contributed by atoms with Crippen molar-refractivity contribution in [3.05, 3.63) is 36.4 Å². The molecule has 0 saturated heterocycles. The maximum atomic E-state index is 6.53. The second kappa shape index (κ2) is 5.37. The molecule has 0 heterocycles. The van der Waals surface area contributed by atoms with Crippen LogP contribution < -0.4 is 9.33 Å². The first-order chi connectivity index (χ1) is 9.63. The summed E-state index contributed by atoms with van der Waals surface area (Å²) in [5, 5.41) is 2.65. The van der Waals surface area contributed by atoms with Gasteiger partial charge in [0, 0.05) is 30.6 Å². The lowest BCUT2D eigenvalue weighted by molar-refractivity contribution is 0.496. The van der Waals surface area contributed by atoms with Gasteiger partial charge in [0.05, 0.1) is 0 Å². The minimum Gasteiger partial charge on any atom is -0.543 e. The summed E-state index contributed by atoms with van der Waals surface area (Å²) in [6.45, 7) is 11.4. The summed E-state index contributed by atoms with van der Waals surface area (Å²) in [5.74, 6) is 1.02. The standard InChI is InChI=1S/C18H27NOSi/c1-18(2,3)21(6,7)20-17-13-12-16(19(4)5)14-10-8-9-11-15(14)17/h8-13H,1-7H3. The molecule has 0 fully saturated rings. The van der Waals surface area contributed by atoms with Crippen LogP contribution in [-0.2, 0) is 0 Å². The van der Waals surface area contributed by atoms with Crippen LogP contribution in [0, 0.1) is 0 Å². The molecule has 0 aromatic heterocycles. The van der Waals surface area contributed by atoms with Crippen molar-refractivity contribution in [2.24, 2.45) is 0 Å². The van der Waals surface area contributed by atoms with Crippen LogP contribution in [0.1, 0.15) is 20.8 Å². The van der Waals surface area contributed by atoms with Crippen LogP contribution in [0.15, 0.2) is 36.4 Å². The molecule has 0 aliphatic heterocycles. The van der Waals surface area contributed by atoms with Gasteiger partial charge in [-0.25, -0.2) is 0 Å². The molecule has 3 heteroatoms. The Morgan fingerprint density at radius 3 is 2.00 bits per heavy atom. The van der Waals surface area contributed by atoms with Gasteiger partial charge < -0.3 is 9.33 Å². The quantitative estimate of drug-likeness (QED) is 0.714. The lowest BCUT2D eigenvalue weighted by atomic mass is 10.1. The zero-order valence-electron chi connectivity index (χ0n) is 14.3. The van der Waals surface area contributed by atoms with Crippen molar-refractivity contribution in [3.63, 3.8) is 0 Å². The van der Waals surface area contributed by atoms with Crippen molar-refractivity contribution in [2.75, 3.05) is 19.0 Å². The van der Waals surface area contributed by atoms with E-state index in [0.29, 0.717) is 0 Å². The third-order valence-corrected chi connectivity index (χ3v) is 8.86. The molecule has 21 heavy (non-hydrogen) atoms. The predicted octanol–water partition coefficient (Wildman–Crippen LogP) is 5.29. The number of fused-ring (bicyclic) bond motifs is 1. The van der Waals surface area contributed by atoms with Gasteiger partial charge in [0.1, 0.15) is 5.75 Å². The predicted molar refractivity (Wildman–Crippen MR) is 96.1 cm³/mol.